The van der Waals surface area contributed by atoms with Crippen LogP contribution in [0.15, 0.2) is 47.4 Å². The Morgan fingerprint density at radius 3 is 2.24 bits per heavy atom. The van der Waals surface area contributed by atoms with E-state index in [1.54, 1.807) is 24.3 Å². The molecule has 0 unspecified atom stereocenters. The normalized spacial score (nSPS) is 31.6. The standard InChI is InChI=1S/C14H16O2S/c15-17(16,13-4-2-1-3-5-13)14-9-6-12(7-10-14)8-11-14/h1-6,9,12H,7-8,10-11H2. The van der Waals surface area contributed by atoms with E-state index in [9.17, 15) is 8.42 Å². The predicted molar refractivity (Wildman–Crippen MR) is 67.5 cm³/mol. The lowest BCUT2D eigenvalue weighted by Crippen LogP contribution is -2.43. The minimum absolute atomic E-state index is 0.463. The molecule has 0 saturated heterocycles. The van der Waals surface area contributed by atoms with Crippen molar-refractivity contribution < 1.29 is 8.42 Å². The fraction of sp³-hybridized carbons (Fsp3) is 0.429. The molecule has 90 valence electrons. The van der Waals surface area contributed by atoms with Gasteiger partial charge in [0.1, 0.15) is 0 Å². The Labute approximate surface area is 102 Å². The zero-order chi connectivity index (χ0) is 11.9. The van der Waals surface area contributed by atoms with E-state index in [4.69, 9.17) is 0 Å². The lowest BCUT2D eigenvalue weighted by molar-refractivity contribution is 0.340. The first-order valence-corrected chi connectivity index (χ1v) is 7.61. The summed E-state index contributed by atoms with van der Waals surface area (Å²) in [5.41, 5.74) is 0. The molecule has 3 aliphatic carbocycles. The summed E-state index contributed by atoms with van der Waals surface area (Å²) in [6.45, 7) is 0. The minimum Gasteiger partial charge on any atom is -0.223 e. The van der Waals surface area contributed by atoms with Gasteiger partial charge in [0.2, 0.25) is 0 Å². The maximum Gasteiger partial charge on any atom is 0.187 e. The van der Waals surface area contributed by atoms with Crippen LogP contribution in [-0.4, -0.2) is 13.2 Å². The molecule has 0 radical (unpaired) electrons. The average molecular weight is 248 g/mol. The Kier molecular flexibility index (Phi) is 2.40. The van der Waals surface area contributed by atoms with Crippen molar-refractivity contribution in [2.75, 3.05) is 0 Å². The largest absolute Gasteiger partial charge is 0.223 e. The number of benzene rings is 1. The summed E-state index contributed by atoms with van der Waals surface area (Å²) >= 11 is 0. The van der Waals surface area contributed by atoms with Crippen molar-refractivity contribution in [3.05, 3.63) is 42.5 Å². The predicted octanol–water partition coefficient (Wildman–Crippen LogP) is 2.96. The first kappa shape index (κ1) is 11.0. The molecule has 0 heterocycles. The zero-order valence-electron chi connectivity index (χ0n) is 9.67. The van der Waals surface area contributed by atoms with Crippen molar-refractivity contribution in [2.45, 2.75) is 35.3 Å². The van der Waals surface area contributed by atoms with Gasteiger partial charge < -0.3 is 0 Å². The van der Waals surface area contributed by atoms with Crippen molar-refractivity contribution in [1.82, 2.24) is 0 Å². The molecule has 17 heavy (non-hydrogen) atoms. The van der Waals surface area contributed by atoms with Gasteiger partial charge in [0.25, 0.3) is 0 Å². The van der Waals surface area contributed by atoms with Crippen LogP contribution in [0.5, 0.6) is 0 Å². The van der Waals surface area contributed by atoms with Gasteiger partial charge in [0, 0.05) is 0 Å². The summed E-state index contributed by atoms with van der Waals surface area (Å²) in [5.74, 6) is 0.614. The lowest BCUT2D eigenvalue weighted by Gasteiger charge is -2.41. The van der Waals surface area contributed by atoms with Crippen LogP contribution in [0.2, 0.25) is 0 Å². The Balaban J connectivity index is 2.10. The van der Waals surface area contributed by atoms with E-state index in [2.05, 4.69) is 6.08 Å². The van der Waals surface area contributed by atoms with Gasteiger partial charge >= 0.3 is 0 Å². The van der Waals surface area contributed by atoms with Gasteiger partial charge in [-0.15, -0.1) is 0 Å². The molecule has 3 aliphatic rings. The van der Waals surface area contributed by atoms with Crippen LogP contribution in [0.1, 0.15) is 25.7 Å². The number of allylic oxidation sites excluding steroid dienone is 1. The van der Waals surface area contributed by atoms with Gasteiger partial charge in [-0.25, -0.2) is 8.42 Å². The summed E-state index contributed by atoms with van der Waals surface area (Å²) in [7, 11) is -3.22. The molecule has 2 nitrogen and oxygen atoms in total. The van der Waals surface area contributed by atoms with E-state index in [-0.39, 0.29) is 0 Å². The smallest absolute Gasteiger partial charge is 0.187 e. The molecule has 0 amide bonds. The summed E-state index contributed by atoms with van der Waals surface area (Å²) in [6, 6.07) is 8.85. The van der Waals surface area contributed by atoms with Gasteiger partial charge in [-0.05, 0) is 43.7 Å². The topological polar surface area (TPSA) is 34.1 Å². The van der Waals surface area contributed by atoms with Crippen molar-refractivity contribution >= 4 is 9.84 Å². The molecule has 0 N–H and O–H groups in total. The molecule has 0 aliphatic heterocycles. The van der Waals surface area contributed by atoms with Gasteiger partial charge in [-0.2, -0.15) is 0 Å². The first-order chi connectivity index (χ1) is 8.14. The zero-order valence-corrected chi connectivity index (χ0v) is 10.5. The SMILES string of the molecule is O=S(=O)(c1ccccc1)C12C=CC(CC1)CC2. The summed E-state index contributed by atoms with van der Waals surface area (Å²) < 4.78 is 24.8. The molecule has 1 saturated carbocycles. The quantitative estimate of drug-likeness (QED) is 0.754. The van der Waals surface area contributed by atoms with E-state index in [0.29, 0.717) is 10.8 Å². The van der Waals surface area contributed by atoms with Crippen LogP contribution in [0.4, 0.5) is 0 Å². The Bertz CT molecular complexity index is 535. The Hall–Kier alpha value is -1.09. The Morgan fingerprint density at radius 1 is 1.06 bits per heavy atom. The van der Waals surface area contributed by atoms with Gasteiger partial charge in [0.05, 0.1) is 9.64 Å². The number of rotatable bonds is 2. The first-order valence-electron chi connectivity index (χ1n) is 6.13. The molecular weight excluding hydrogens is 232 g/mol. The second-order valence-electron chi connectivity index (χ2n) is 5.08. The van der Waals surface area contributed by atoms with E-state index in [0.717, 1.165) is 25.7 Å². The van der Waals surface area contributed by atoms with Crippen LogP contribution in [0.25, 0.3) is 0 Å². The second kappa shape index (κ2) is 3.70. The van der Waals surface area contributed by atoms with Crippen molar-refractivity contribution in [3.8, 4) is 0 Å². The van der Waals surface area contributed by atoms with E-state index in [1.165, 1.54) is 0 Å². The van der Waals surface area contributed by atoms with E-state index < -0.39 is 14.6 Å². The molecular formula is C14H16O2S. The highest BCUT2D eigenvalue weighted by Gasteiger charge is 2.47. The lowest BCUT2D eigenvalue weighted by atomic mass is 9.75. The second-order valence-corrected chi connectivity index (χ2v) is 7.37. The van der Waals surface area contributed by atoms with Gasteiger partial charge in [-0.3, -0.25) is 0 Å². The summed E-state index contributed by atoms with van der Waals surface area (Å²) in [4.78, 5) is 0.463. The van der Waals surface area contributed by atoms with Gasteiger partial charge in [-0.1, -0.05) is 30.4 Å². The fourth-order valence-electron chi connectivity index (χ4n) is 2.99. The monoisotopic (exact) mass is 248 g/mol. The highest BCUT2D eigenvalue weighted by atomic mass is 32.2. The third kappa shape index (κ3) is 1.56. The van der Waals surface area contributed by atoms with Crippen LogP contribution >= 0.6 is 0 Å². The van der Waals surface area contributed by atoms with Crippen LogP contribution in [0.3, 0.4) is 0 Å². The van der Waals surface area contributed by atoms with E-state index >= 15 is 0 Å². The molecule has 1 aromatic carbocycles. The van der Waals surface area contributed by atoms with Crippen molar-refractivity contribution in [3.63, 3.8) is 0 Å². The highest BCUT2D eigenvalue weighted by Crippen LogP contribution is 2.46. The van der Waals surface area contributed by atoms with Crippen molar-refractivity contribution in [2.24, 2.45) is 5.92 Å². The van der Waals surface area contributed by atoms with E-state index in [1.807, 2.05) is 12.1 Å². The molecule has 0 aromatic heterocycles. The average Bonchev–Trinajstić information content (AvgIpc) is 2.42. The van der Waals surface area contributed by atoms with Crippen LogP contribution < -0.4 is 0 Å². The number of sulfone groups is 1. The maximum atomic E-state index is 12.7. The third-order valence-corrected chi connectivity index (χ3v) is 6.64. The maximum absolute atomic E-state index is 12.7. The number of hydrogen-bond donors (Lipinski definition) is 0. The van der Waals surface area contributed by atoms with Crippen LogP contribution in [-0.2, 0) is 9.84 Å². The highest BCUT2D eigenvalue weighted by molar-refractivity contribution is 7.93. The molecule has 0 spiro atoms. The molecule has 1 aromatic rings. The fourth-order valence-corrected chi connectivity index (χ4v) is 5.01. The molecule has 0 atom stereocenters. The number of fused-ring (bicyclic) bond motifs is 2. The molecule has 4 rings (SSSR count). The molecule has 1 fully saturated rings. The van der Waals surface area contributed by atoms with Gasteiger partial charge in [0.15, 0.2) is 9.84 Å². The molecule has 2 bridgehead atoms. The number of hydrogen-bond acceptors (Lipinski definition) is 2. The summed E-state index contributed by atoms with van der Waals surface area (Å²) in [5, 5.41) is 0. The van der Waals surface area contributed by atoms with Crippen molar-refractivity contribution in [1.29, 1.82) is 0 Å². The van der Waals surface area contributed by atoms with Crippen LogP contribution in [0, 0.1) is 5.92 Å². The molecule has 3 heteroatoms. The summed E-state index contributed by atoms with van der Waals surface area (Å²) in [6.07, 6.45) is 7.66. The minimum atomic E-state index is -3.22. The Morgan fingerprint density at radius 2 is 1.71 bits per heavy atom. The third-order valence-electron chi connectivity index (χ3n) is 4.14.